The number of halogens is 1. The summed E-state index contributed by atoms with van der Waals surface area (Å²) in [4.78, 5) is 25.0. The SMILES string of the molecule is Cc1cc(NC(=O)c2cccc(F)c2)sc1C(=O)NCC1CNC1. The Balaban J connectivity index is 1.64. The first-order valence-corrected chi connectivity index (χ1v) is 8.51. The normalized spacial score (nSPS) is 14.1. The van der Waals surface area contributed by atoms with Crippen molar-refractivity contribution in [1.29, 1.82) is 0 Å². The second kappa shape index (κ2) is 7.11. The molecule has 1 aromatic heterocycles. The van der Waals surface area contributed by atoms with Crippen molar-refractivity contribution in [2.24, 2.45) is 5.92 Å². The number of carbonyl (C=O) groups is 2. The molecular formula is C17H18FN3O2S. The number of benzene rings is 1. The van der Waals surface area contributed by atoms with Gasteiger partial charge >= 0.3 is 0 Å². The molecule has 1 saturated heterocycles. The molecule has 0 bridgehead atoms. The maximum atomic E-state index is 13.2. The van der Waals surface area contributed by atoms with Gasteiger partial charge in [-0.2, -0.15) is 0 Å². The second-order valence-electron chi connectivity index (χ2n) is 5.82. The lowest BCUT2D eigenvalue weighted by atomic mass is 10.0. The summed E-state index contributed by atoms with van der Waals surface area (Å²) < 4.78 is 13.2. The summed E-state index contributed by atoms with van der Waals surface area (Å²) in [5.41, 5.74) is 1.04. The Bertz CT molecular complexity index is 771. The number of aryl methyl sites for hydroxylation is 1. The molecule has 2 aromatic rings. The molecule has 2 heterocycles. The van der Waals surface area contributed by atoms with Crippen LogP contribution in [0.3, 0.4) is 0 Å². The van der Waals surface area contributed by atoms with Crippen molar-refractivity contribution in [3.05, 3.63) is 52.2 Å². The number of carbonyl (C=O) groups excluding carboxylic acids is 2. The number of hydrogen-bond donors (Lipinski definition) is 3. The van der Waals surface area contributed by atoms with Crippen LogP contribution in [0.1, 0.15) is 25.6 Å². The van der Waals surface area contributed by atoms with E-state index >= 15 is 0 Å². The Morgan fingerprint density at radius 3 is 2.75 bits per heavy atom. The predicted octanol–water partition coefficient (Wildman–Crippen LogP) is 2.40. The van der Waals surface area contributed by atoms with Crippen molar-refractivity contribution in [1.82, 2.24) is 10.6 Å². The van der Waals surface area contributed by atoms with E-state index in [4.69, 9.17) is 0 Å². The van der Waals surface area contributed by atoms with Crippen molar-refractivity contribution in [2.45, 2.75) is 6.92 Å². The predicted molar refractivity (Wildman–Crippen MR) is 92.1 cm³/mol. The van der Waals surface area contributed by atoms with Gasteiger partial charge in [0.25, 0.3) is 11.8 Å². The van der Waals surface area contributed by atoms with Crippen LogP contribution in [0.2, 0.25) is 0 Å². The van der Waals surface area contributed by atoms with Crippen molar-refractivity contribution < 1.29 is 14.0 Å². The fourth-order valence-corrected chi connectivity index (χ4v) is 3.38. The van der Waals surface area contributed by atoms with E-state index < -0.39 is 11.7 Å². The van der Waals surface area contributed by atoms with E-state index in [2.05, 4.69) is 16.0 Å². The van der Waals surface area contributed by atoms with E-state index in [0.29, 0.717) is 22.3 Å². The molecule has 1 aliphatic rings. The van der Waals surface area contributed by atoms with E-state index in [1.807, 2.05) is 6.92 Å². The zero-order valence-electron chi connectivity index (χ0n) is 13.2. The van der Waals surface area contributed by atoms with Crippen molar-refractivity contribution in [2.75, 3.05) is 25.0 Å². The van der Waals surface area contributed by atoms with Crippen LogP contribution in [0.4, 0.5) is 9.39 Å². The molecule has 0 unspecified atom stereocenters. The van der Waals surface area contributed by atoms with Crippen LogP contribution >= 0.6 is 11.3 Å². The second-order valence-corrected chi connectivity index (χ2v) is 6.87. The summed E-state index contributed by atoms with van der Waals surface area (Å²) in [5.74, 6) is -0.504. The van der Waals surface area contributed by atoms with E-state index in [1.165, 1.54) is 29.5 Å². The molecule has 3 rings (SSSR count). The first kappa shape index (κ1) is 16.6. The lowest BCUT2D eigenvalue weighted by molar-refractivity contribution is 0.0945. The van der Waals surface area contributed by atoms with Gasteiger partial charge in [0.1, 0.15) is 5.82 Å². The van der Waals surface area contributed by atoms with E-state index in [9.17, 15) is 14.0 Å². The Kier molecular flexibility index (Phi) is 4.92. The quantitative estimate of drug-likeness (QED) is 0.778. The van der Waals surface area contributed by atoms with Crippen LogP contribution in [0.5, 0.6) is 0 Å². The van der Waals surface area contributed by atoms with E-state index in [-0.39, 0.29) is 11.5 Å². The first-order valence-electron chi connectivity index (χ1n) is 7.69. The summed E-state index contributed by atoms with van der Waals surface area (Å²) in [5, 5.41) is 9.35. The minimum Gasteiger partial charge on any atom is -0.351 e. The summed E-state index contributed by atoms with van der Waals surface area (Å²) in [6, 6.07) is 7.24. The highest BCUT2D eigenvalue weighted by Gasteiger charge is 2.20. The highest BCUT2D eigenvalue weighted by Crippen LogP contribution is 2.27. The van der Waals surface area contributed by atoms with Gasteiger partial charge in [-0.25, -0.2) is 4.39 Å². The van der Waals surface area contributed by atoms with Gasteiger partial charge in [-0.3, -0.25) is 9.59 Å². The van der Waals surface area contributed by atoms with Gasteiger partial charge in [0.05, 0.1) is 9.88 Å². The fourth-order valence-electron chi connectivity index (χ4n) is 2.39. The Hall–Kier alpha value is -2.25. The number of rotatable bonds is 5. The summed E-state index contributed by atoms with van der Waals surface area (Å²) in [6.45, 7) is 4.33. The maximum absolute atomic E-state index is 13.2. The molecule has 0 radical (unpaired) electrons. The molecule has 2 amide bonds. The third-order valence-electron chi connectivity index (χ3n) is 3.86. The van der Waals surface area contributed by atoms with Gasteiger partial charge in [-0.1, -0.05) is 6.07 Å². The molecule has 0 aliphatic carbocycles. The summed E-state index contributed by atoms with van der Waals surface area (Å²) >= 11 is 1.22. The average molecular weight is 347 g/mol. The number of thiophene rings is 1. The Labute approximate surface area is 143 Å². The minimum absolute atomic E-state index is 0.129. The Morgan fingerprint density at radius 2 is 2.08 bits per heavy atom. The van der Waals surface area contributed by atoms with Crippen LogP contribution in [-0.4, -0.2) is 31.4 Å². The summed E-state index contributed by atoms with van der Waals surface area (Å²) in [7, 11) is 0. The third-order valence-corrected chi connectivity index (χ3v) is 5.02. The van der Waals surface area contributed by atoms with Gasteiger partial charge in [-0.15, -0.1) is 11.3 Å². The van der Waals surface area contributed by atoms with Crippen molar-refractivity contribution >= 4 is 28.2 Å². The molecule has 7 heteroatoms. The molecule has 1 fully saturated rings. The van der Waals surface area contributed by atoms with E-state index in [0.717, 1.165) is 18.7 Å². The van der Waals surface area contributed by atoms with Gasteiger partial charge in [0.2, 0.25) is 0 Å². The molecule has 126 valence electrons. The van der Waals surface area contributed by atoms with Gasteiger partial charge in [0.15, 0.2) is 0 Å². The molecular weight excluding hydrogens is 329 g/mol. The third kappa shape index (κ3) is 3.80. The smallest absolute Gasteiger partial charge is 0.261 e. The highest BCUT2D eigenvalue weighted by atomic mass is 32.1. The monoisotopic (exact) mass is 347 g/mol. The van der Waals surface area contributed by atoms with Gasteiger partial charge in [0, 0.05) is 31.1 Å². The van der Waals surface area contributed by atoms with Gasteiger partial charge in [-0.05, 0) is 36.8 Å². The minimum atomic E-state index is -0.462. The number of amides is 2. The maximum Gasteiger partial charge on any atom is 0.261 e. The summed E-state index contributed by atoms with van der Waals surface area (Å²) in [6.07, 6.45) is 0. The fraction of sp³-hybridized carbons (Fsp3) is 0.294. The number of hydrogen-bond acceptors (Lipinski definition) is 4. The molecule has 3 N–H and O–H groups in total. The molecule has 1 aliphatic heterocycles. The lowest BCUT2D eigenvalue weighted by Gasteiger charge is -2.26. The van der Waals surface area contributed by atoms with Crippen molar-refractivity contribution in [3.63, 3.8) is 0 Å². The largest absolute Gasteiger partial charge is 0.351 e. The Morgan fingerprint density at radius 1 is 1.29 bits per heavy atom. The molecule has 0 spiro atoms. The van der Waals surface area contributed by atoms with Crippen molar-refractivity contribution in [3.8, 4) is 0 Å². The highest BCUT2D eigenvalue weighted by molar-refractivity contribution is 7.18. The molecule has 0 saturated carbocycles. The zero-order chi connectivity index (χ0) is 17.1. The van der Waals surface area contributed by atoms with Crippen LogP contribution < -0.4 is 16.0 Å². The molecule has 24 heavy (non-hydrogen) atoms. The topological polar surface area (TPSA) is 70.2 Å². The first-order chi connectivity index (χ1) is 11.5. The number of anilines is 1. The lowest BCUT2D eigenvalue weighted by Crippen LogP contribution is -2.48. The average Bonchev–Trinajstić information content (AvgIpc) is 2.86. The van der Waals surface area contributed by atoms with Crippen LogP contribution in [-0.2, 0) is 0 Å². The standard InChI is InChI=1S/C17H18FN3O2S/c1-10-5-14(21-16(22)12-3-2-4-13(18)6-12)24-15(10)17(23)20-9-11-7-19-8-11/h2-6,11,19H,7-9H2,1H3,(H,20,23)(H,21,22). The van der Waals surface area contributed by atoms with Crippen LogP contribution in [0.25, 0.3) is 0 Å². The van der Waals surface area contributed by atoms with Crippen LogP contribution in [0.15, 0.2) is 30.3 Å². The molecule has 5 nitrogen and oxygen atoms in total. The van der Waals surface area contributed by atoms with Crippen LogP contribution in [0, 0.1) is 18.7 Å². The molecule has 1 aromatic carbocycles. The van der Waals surface area contributed by atoms with E-state index in [1.54, 1.807) is 12.1 Å². The zero-order valence-corrected chi connectivity index (χ0v) is 14.0. The van der Waals surface area contributed by atoms with Gasteiger partial charge < -0.3 is 16.0 Å². The number of nitrogens with one attached hydrogen (secondary N) is 3. The molecule has 0 atom stereocenters.